The van der Waals surface area contributed by atoms with E-state index in [2.05, 4.69) is 50.5 Å². The summed E-state index contributed by atoms with van der Waals surface area (Å²) in [5.74, 6) is 1.28. The Bertz CT molecular complexity index is 1020. The lowest BCUT2D eigenvalue weighted by Gasteiger charge is -2.57. The molecule has 0 spiro atoms. The van der Waals surface area contributed by atoms with Crippen LogP contribution in [0.3, 0.4) is 0 Å². The van der Waals surface area contributed by atoms with Gasteiger partial charge in [-0.15, -0.1) is 11.3 Å². The first-order valence-corrected chi connectivity index (χ1v) is 13.4. The summed E-state index contributed by atoms with van der Waals surface area (Å²) in [5, 5.41) is 15.0. The second-order valence-corrected chi connectivity index (χ2v) is 12.9. The van der Waals surface area contributed by atoms with E-state index >= 15 is 0 Å². The molecule has 33 heavy (non-hydrogen) atoms. The highest BCUT2D eigenvalue weighted by Gasteiger charge is 2.59. The number of carbonyl (C=O) groups excluding carboxylic acids is 1. The molecule has 6 atom stereocenters. The number of amides is 1. The monoisotopic (exact) mass is 467 g/mol. The highest BCUT2D eigenvalue weighted by molar-refractivity contribution is 7.10. The third-order valence-corrected chi connectivity index (χ3v) is 11.1. The number of carbonyl (C=O) groups is 2. The molecular weight excluding hydrogens is 430 g/mol. The van der Waals surface area contributed by atoms with Crippen molar-refractivity contribution in [3.05, 3.63) is 45.7 Å². The first-order chi connectivity index (χ1) is 15.6. The van der Waals surface area contributed by atoms with Gasteiger partial charge in [-0.1, -0.05) is 26.0 Å². The van der Waals surface area contributed by atoms with Crippen LogP contribution < -0.4 is 5.32 Å². The van der Waals surface area contributed by atoms with Crippen LogP contribution in [0, 0.1) is 34.5 Å². The van der Waals surface area contributed by atoms with E-state index in [1.807, 2.05) is 12.1 Å². The molecule has 2 saturated carbocycles. The van der Waals surface area contributed by atoms with E-state index in [9.17, 15) is 14.7 Å². The third-order valence-electron chi connectivity index (χ3n) is 9.93. The van der Waals surface area contributed by atoms with E-state index in [0.717, 1.165) is 38.5 Å². The van der Waals surface area contributed by atoms with E-state index in [-0.39, 0.29) is 28.2 Å². The van der Waals surface area contributed by atoms with E-state index < -0.39 is 5.97 Å². The molecule has 1 heterocycles. The quantitative estimate of drug-likeness (QED) is 0.546. The zero-order valence-electron chi connectivity index (χ0n) is 20.3. The van der Waals surface area contributed by atoms with Crippen molar-refractivity contribution in [1.82, 2.24) is 5.32 Å². The average Bonchev–Trinajstić information content (AvgIpc) is 3.41. The zero-order chi connectivity index (χ0) is 23.6. The number of nitrogens with one attached hydrogen (secondary N) is 1. The Morgan fingerprint density at radius 3 is 2.64 bits per heavy atom. The highest BCUT2D eigenvalue weighted by atomic mass is 32.1. The molecule has 4 aliphatic carbocycles. The van der Waals surface area contributed by atoms with Gasteiger partial charge in [-0.3, -0.25) is 4.79 Å². The molecule has 0 unspecified atom stereocenters. The maximum Gasteiger partial charge on any atom is 0.331 e. The Labute approximate surface area is 201 Å². The molecule has 0 aliphatic heterocycles. The molecule has 2 N–H and O–H groups in total. The number of thiophene rings is 1. The predicted molar refractivity (Wildman–Crippen MR) is 132 cm³/mol. The fraction of sp³-hybridized carbons (Fsp3) is 0.643. The largest absolute Gasteiger partial charge is 0.478 e. The van der Waals surface area contributed by atoms with Gasteiger partial charge in [0.25, 0.3) is 0 Å². The summed E-state index contributed by atoms with van der Waals surface area (Å²) >= 11 is 1.70. The van der Waals surface area contributed by atoms with Crippen LogP contribution in [0.5, 0.6) is 0 Å². The molecule has 0 saturated heterocycles. The predicted octanol–water partition coefficient (Wildman–Crippen LogP) is 6.30. The van der Waals surface area contributed by atoms with Crippen molar-refractivity contribution >= 4 is 23.2 Å². The normalized spacial score (nSPS) is 37.8. The fourth-order valence-electron chi connectivity index (χ4n) is 8.02. The molecule has 1 aromatic heterocycles. The molecule has 4 nitrogen and oxygen atoms in total. The summed E-state index contributed by atoms with van der Waals surface area (Å²) in [6.07, 6.45) is 11.3. The molecular formula is C28H37NO3S. The molecule has 2 fully saturated rings. The van der Waals surface area contributed by atoms with Gasteiger partial charge in [-0.05, 0) is 110 Å². The smallest absolute Gasteiger partial charge is 0.331 e. The van der Waals surface area contributed by atoms with Crippen molar-refractivity contribution in [2.75, 3.05) is 0 Å². The minimum Gasteiger partial charge on any atom is -0.478 e. The van der Waals surface area contributed by atoms with Gasteiger partial charge >= 0.3 is 5.97 Å². The number of hydrogen-bond acceptors (Lipinski definition) is 3. The van der Waals surface area contributed by atoms with Gasteiger partial charge in [-0.2, -0.15) is 0 Å². The van der Waals surface area contributed by atoms with Crippen molar-refractivity contribution in [3.8, 4) is 0 Å². The molecule has 0 bridgehead atoms. The minimum atomic E-state index is -0.772. The first-order valence-electron chi connectivity index (χ1n) is 12.6. The van der Waals surface area contributed by atoms with Crippen molar-refractivity contribution in [2.24, 2.45) is 34.5 Å². The van der Waals surface area contributed by atoms with Gasteiger partial charge in [0.05, 0.1) is 5.54 Å². The molecule has 5 rings (SSSR count). The van der Waals surface area contributed by atoms with Gasteiger partial charge in [-0.25, -0.2) is 4.79 Å². The average molecular weight is 468 g/mol. The van der Waals surface area contributed by atoms with Crippen molar-refractivity contribution in [1.29, 1.82) is 0 Å². The third kappa shape index (κ3) is 3.53. The maximum absolute atomic E-state index is 13.6. The zero-order valence-corrected chi connectivity index (χ0v) is 21.1. The SMILES string of the molecule is CC(C)(NC(=O)[C@H]1CC[C@H]2[C@@H]3CC=C4C=C(C(=O)O)CC[C@]4(C)[C@H]3CC[C@]12C)c1cccs1. The van der Waals surface area contributed by atoms with Crippen LogP contribution in [0.1, 0.15) is 77.5 Å². The van der Waals surface area contributed by atoms with Crippen LogP contribution in [-0.4, -0.2) is 17.0 Å². The number of carboxylic acids is 1. The summed E-state index contributed by atoms with van der Waals surface area (Å²) in [7, 11) is 0. The van der Waals surface area contributed by atoms with Crippen LogP contribution in [0.4, 0.5) is 0 Å². The number of rotatable bonds is 4. The summed E-state index contributed by atoms with van der Waals surface area (Å²) in [5.41, 5.74) is 1.59. The van der Waals surface area contributed by atoms with Crippen molar-refractivity contribution < 1.29 is 14.7 Å². The molecule has 1 aromatic rings. The number of aliphatic carboxylic acids is 1. The molecule has 5 heteroatoms. The lowest BCUT2D eigenvalue weighted by atomic mass is 9.48. The molecule has 1 amide bonds. The Hall–Kier alpha value is -1.88. The van der Waals surface area contributed by atoms with E-state index in [0.29, 0.717) is 29.7 Å². The van der Waals surface area contributed by atoms with Gasteiger partial charge < -0.3 is 10.4 Å². The maximum atomic E-state index is 13.6. The lowest BCUT2D eigenvalue weighted by molar-refractivity contribution is -0.133. The van der Waals surface area contributed by atoms with E-state index in [4.69, 9.17) is 0 Å². The van der Waals surface area contributed by atoms with E-state index in [1.165, 1.54) is 10.5 Å². The highest BCUT2D eigenvalue weighted by Crippen LogP contribution is 2.66. The molecule has 0 aromatic carbocycles. The van der Waals surface area contributed by atoms with Crippen molar-refractivity contribution in [3.63, 3.8) is 0 Å². The van der Waals surface area contributed by atoms with Gasteiger partial charge in [0, 0.05) is 16.4 Å². The Morgan fingerprint density at radius 2 is 1.94 bits per heavy atom. The summed E-state index contributed by atoms with van der Waals surface area (Å²) in [4.78, 5) is 26.3. The molecule has 4 aliphatic rings. The van der Waals surface area contributed by atoms with Crippen LogP contribution in [0.2, 0.25) is 0 Å². The molecule has 178 valence electrons. The Morgan fingerprint density at radius 1 is 1.15 bits per heavy atom. The van der Waals surface area contributed by atoms with Crippen LogP contribution in [-0.2, 0) is 15.1 Å². The second-order valence-electron chi connectivity index (χ2n) is 11.9. The van der Waals surface area contributed by atoms with E-state index in [1.54, 1.807) is 11.3 Å². The fourth-order valence-corrected chi connectivity index (χ4v) is 8.82. The number of allylic oxidation sites excluding steroid dienone is 3. The number of carboxylic acid groups (broad SMARTS) is 1. The lowest BCUT2D eigenvalue weighted by Crippen LogP contribution is -2.52. The van der Waals surface area contributed by atoms with Crippen LogP contribution in [0.15, 0.2) is 40.8 Å². The minimum absolute atomic E-state index is 0.0508. The van der Waals surface area contributed by atoms with Gasteiger partial charge in [0.2, 0.25) is 5.91 Å². The molecule has 0 radical (unpaired) electrons. The number of fused-ring (bicyclic) bond motifs is 5. The van der Waals surface area contributed by atoms with Crippen molar-refractivity contribution in [2.45, 2.75) is 78.2 Å². The Kier molecular flexibility index (Phi) is 5.43. The van der Waals surface area contributed by atoms with Gasteiger partial charge in [0.15, 0.2) is 0 Å². The summed E-state index contributed by atoms with van der Waals surface area (Å²) < 4.78 is 0. The van der Waals surface area contributed by atoms with Crippen LogP contribution >= 0.6 is 11.3 Å². The van der Waals surface area contributed by atoms with Gasteiger partial charge in [0.1, 0.15) is 0 Å². The topological polar surface area (TPSA) is 66.4 Å². The Balaban J connectivity index is 1.37. The number of hydrogen-bond donors (Lipinski definition) is 2. The summed E-state index contributed by atoms with van der Waals surface area (Å²) in [6, 6.07) is 4.16. The second kappa shape index (κ2) is 7.83. The summed E-state index contributed by atoms with van der Waals surface area (Å²) in [6.45, 7) is 8.97. The standard InChI is InChI=1S/C28H37NO3S/c1-26(2,23-6-5-15-33-23)29-24(30)22-10-9-20-19-8-7-18-16-17(25(31)32)11-13-27(18,3)21(19)12-14-28(20,22)4/h5-7,15-16,19-22H,8-14H2,1-4H3,(H,29,30)(H,31,32)/t19-,20-,21-,22+,27-,28-/m0/s1. The first kappa shape index (κ1) is 22.9. The van der Waals surface area contributed by atoms with Crippen LogP contribution in [0.25, 0.3) is 0 Å².